The zero-order chi connectivity index (χ0) is 11.9. The molecule has 0 rings (SSSR count). The van der Waals surface area contributed by atoms with Crippen molar-refractivity contribution in [1.82, 2.24) is 0 Å². The Morgan fingerprint density at radius 2 is 1.00 bits per heavy atom. The zero-order valence-electron chi connectivity index (χ0n) is 11.6. The summed E-state index contributed by atoms with van der Waals surface area (Å²) in [5.74, 6) is 2.67. The van der Waals surface area contributed by atoms with Gasteiger partial charge < -0.3 is 0 Å². The summed E-state index contributed by atoms with van der Waals surface area (Å²) >= 11 is 2.09. The van der Waals surface area contributed by atoms with Gasteiger partial charge in [-0.15, -0.1) is 0 Å². The Hall–Kier alpha value is 0.350. The van der Waals surface area contributed by atoms with Gasteiger partial charge in [-0.25, -0.2) is 0 Å². The maximum atomic E-state index is 2.29. The number of unbranched alkanes of at least 4 members (excludes halogenated alkanes) is 10. The van der Waals surface area contributed by atoms with Crippen LogP contribution in [0.3, 0.4) is 0 Å². The van der Waals surface area contributed by atoms with Crippen molar-refractivity contribution in [3.05, 3.63) is 0 Å². The van der Waals surface area contributed by atoms with E-state index in [2.05, 4.69) is 25.6 Å². The molecule has 0 aliphatic carbocycles. The Labute approximate surface area is 108 Å². The molecule has 0 bridgehead atoms. The van der Waals surface area contributed by atoms with Gasteiger partial charge in [-0.05, 0) is 17.9 Å². The van der Waals surface area contributed by atoms with Crippen LogP contribution in [0.2, 0.25) is 0 Å². The van der Waals surface area contributed by atoms with Crippen molar-refractivity contribution in [2.24, 2.45) is 0 Å². The van der Waals surface area contributed by atoms with Crippen LogP contribution in [-0.4, -0.2) is 11.5 Å². The fourth-order valence-electron chi connectivity index (χ4n) is 2.01. The minimum atomic E-state index is 1.29. The first-order chi connectivity index (χ1) is 7.91. The lowest BCUT2D eigenvalue weighted by molar-refractivity contribution is 0.555. The molecule has 0 heterocycles. The van der Waals surface area contributed by atoms with E-state index in [0.29, 0.717) is 0 Å². The Morgan fingerprint density at radius 1 is 0.562 bits per heavy atom. The highest BCUT2D eigenvalue weighted by Crippen LogP contribution is 2.12. The van der Waals surface area contributed by atoms with E-state index in [1.807, 2.05) is 0 Å². The molecule has 0 aromatic carbocycles. The van der Waals surface area contributed by atoms with E-state index in [-0.39, 0.29) is 0 Å². The number of thioether (sulfide) groups is 1. The first-order valence-corrected chi connectivity index (χ1v) is 8.65. The van der Waals surface area contributed by atoms with Crippen LogP contribution in [0.4, 0.5) is 0 Å². The van der Waals surface area contributed by atoms with Crippen molar-refractivity contribution in [2.75, 3.05) is 11.5 Å². The van der Waals surface area contributed by atoms with Gasteiger partial charge in [0.2, 0.25) is 0 Å². The summed E-state index contributed by atoms with van der Waals surface area (Å²) in [7, 11) is 0. The topological polar surface area (TPSA) is 0 Å². The van der Waals surface area contributed by atoms with E-state index in [4.69, 9.17) is 0 Å². The van der Waals surface area contributed by atoms with Crippen LogP contribution in [0.1, 0.15) is 84.5 Å². The lowest BCUT2D eigenvalue weighted by Gasteiger charge is -2.02. The molecule has 1 heteroatoms. The van der Waals surface area contributed by atoms with Gasteiger partial charge in [-0.3, -0.25) is 0 Å². The second-order valence-corrected chi connectivity index (χ2v) is 6.13. The van der Waals surface area contributed by atoms with Crippen LogP contribution in [0.5, 0.6) is 0 Å². The third kappa shape index (κ3) is 14.4. The van der Waals surface area contributed by atoms with Gasteiger partial charge in [0, 0.05) is 0 Å². The molecule has 0 aliphatic rings. The van der Waals surface area contributed by atoms with Crippen molar-refractivity contribution in [3.8, 4) is 0 Å². The molecule has 0 unspecified atom stereocenters. The van der Waals surface area contributed by atoms with Gasteiger partial charge in [-0.1, -0.05) is 78.1 Å². The maximum absolute atomic E-state index is 2.29. The van der Waals surface area contributed by atoms with Crippen molar-refractivity contribution in [2.45, 2.75) is 84.5 Å². The summed E-state index contributed by atoms with van der Waals surface area (Å²) < 4.78 is 0. The number of hydrogen-bond acceptors (Lipinski definition) is 1. The maximum Gasteiger partial charge on any atom is -0.00676 e. The Balaban J connectivity index is 2.83. The third-order valence-corrected chi connectivity index (χ3v) is 4.08. The third-order valence-electron chi connectivity index (χ3n) is 3.10. The average Bonchev–Trinajstić information content (AvgIpc) is 2.31. The lowest BCUT2D eigenvalue weighted by Crippen LogP contribution is -1.84. The Morgan fingerprint density at radius 3 is 1.44 bits per heavy atom. The minimum absolute atomic E-state index is 1.29. The fourth-order valence-corrected chi connectivity index (χ4v) is 2.71. The predicted molar refractivity (Wildman–Crippen MR) is 79.5 cm³/mol. The average molecular weight is 244 g/mol. The molecule has 0 radical (unpaired) electrons. The van der Waals surface area contributed by atoms with Crippen molar-refractivity contribution >= 4 is 11.8 Å². The van der Waals surface area contributed by atoms with E-state index in [1.54, 1.807) is 0 Å². The Kier molecular flexibility index (Phi) is 15.7. The summed E-state index contributed by atoms with van der Waals surface area (Å²) in [4.78, 5) is 0. The fraction of sp³-hybridized carbons (Fsp3) is 1.00. The molecule has 0 aliphatic heterocycles. The van der Waals surface area contributed by atoms with Gasteiger partial charge in [0.25, 0.3) is 0 Å². The van der Waals surface area contributed by atoms with Crippen LogP contribution in [0, 0.1) is 0 Å². The molecule has 0 aromatic rings. The van der Waals surface area contributed by atoms with Crippen molar-refractivity contribution in [1.29, 1.82) is 0 Å². The van der Waals surface area contributed by atoms with E-state index in [1.165, 1.54) is 82.1 Å². The molecule has 0 fully saturated rings. The molecule has 0 atom stereocenters. The van der Waals surface area contributed by atoms with Crippen LogP contribution in [0.15, 0.2) is 0 Å². The second kappa shape index (κ2) is 15.4. The molecule has 0 saturated carbocycles. The van der Waals surface area contributed by atoms with Gasteiger partial charge >= 0.3 is 0 Å². The van der Waals surface area contributed by atoms with Gasteiger partial charge in [0.1, 0.15) is 0 Å². The molecule has 16 heavy (non-hydrogen) atoms. The molecule has 0 nitrogen and oxygen atoms in total. The second-order valence-electron chi connectivity index (χ2n) is 4.73. The molecule has 0 amide bonds. The molecule has 98 valence electrons. The van der Waals surface area contributed by atoms with Gasteiger partial charge in [0.15, 0.2) is 0 Å². The minimum Gasteiger partial charge on any atom is -0.162 e. The zero-order valence-corrected chi connectivity index (χ0v) is 12.4. The van der Waals surface area contributed by atoms with Crippen LogP contribution < -0.4 is 0 Å². The smallest absolute Gasteiger partial charge is 0.00676 e. The standard InChI is InChI=1S/C15H32S/c1-3-5-6-7-8-9-10-11-12-13-14-15-16-4-2/h3-15H2,1-2H3. The molecular weight excluding hydrogens is 212 g/mol. The molecule has 0 spiro atoms. The molecule has 0 aromatic heterocycles. The van der Waals surface area contributed by atoms with Crippen LogP contribution >= 0.6 is 11.8 Å². The predicted octanol–water partition coefficient (Wildman–Crippen LogP) is 6.05. The normalized spacial score (nSPS) is 10.9. The van der Waals surface area contributed by atoms with E-state index >= 15 is 0 Å². The number of rotatable bonds is 13. The molecular formula is C15H32S. The van der Waals surface area contributed by atoms with Gasteiger partial charge in [-0.2, -0.15) is 11.8 Å². The molecule has 0 saturated heterocycles. The summed E-state index contributed by atoms with van der Waals surface area (Å²) in [6.45, 7) is 4.54. The summed E-state index contributed by atoms with van der Waals surface area (Å²) in [6, 6.07) is 0. The first kappa shape index (κ1) is 16.4. The Bertz CT molecular complexity index is 98.0. The first-order valence-electron chi connectivity index (χ1n) is 7.49. The highest BCUT2D eigenvalue weighted by molar-refractivity contribution is 7.99. The highest BCUT2D eigenvalue weighted by atomic mass is 32.2. The summed E-state index contributed by atoms with van der Waals surface area (Å²) in [6.07, 6.45) is 16.0. The summed E-state index contributed by atoms with van der Waals surface area (Å²) in [5.41, 5.74) is 0. The SMILES string of the molecule is CCCCCCCCCCCCCSCC. The van der Waals surface area contributed by atoms with E-state index in [0.717, 1.165) is 0 Å². The summed E-state index contributed by atoms with van der Waals surface area (Å²) in [5, 5.41) is 0. The van der Waals surface area contributed by atoms with E-state index < -0.39 is 0 Å². The monoisotopic (exact) mass is 244 g/mol. The van der Waals surface area contributed by atoms with Gasteiger partial charge in [0.05, 0.1) is 0 Å². The van der Waals surface area contributed by atoms with Crippen LogP contribution in [0.25, 0.3) is 0 Å². The largest absolute Gasteiger partial charge is 0.162 e. The van der Waals surface area contributed by atoms with E-state index in [9.17, 15) is 0 Å². The molecule has 0 N–H and O–H groups in total. The van der Waals surface area contributed by atoms with Crippen molar-refractivity contribution < 1.29 is 0 Å². The number of hydrogen-bond donors (Lipinski definition) is 0. The van der Waals surface area contributed by atoms with Crippen molar-refractivity contribution in [3.63, 3.8) is 0 Å². The lowest BCUT2D eigenvalue weighted by atomic mass is 10.1. The quantitative estimate of drug-likeness (QED) is 0.355. The highest BCUT2D eigenvalue weighted by Gasteiger charge is 1.92. The van der Waals surface area contributed by atoms with Crippen LogP contribution in [-0.2, 0) is 0 Å².